The highest BCUT2D eigenvalue weighted by atomic mass is 35.5. The summed E-state index contributed by atoms with van der Waals surface area (Å²) in [7, 11) is 0. The molecule has 4 nitrogen and oxygen atoms in total. The molecule has 2 heterocycles. The van der Waals surface area contributed by atoms with E-state index in [9.17, 15) is 0 Å². The van der Waals surface area contributed by atoms with Gasteiger partial charge in [-0.05, 0) is 31.2 Å². The van der Waals surface area contributed by atoms with Crippen molar-refractivity contribution in [1.82, 2.24) is 9.97 Å². The molecule has 82 valence electrons. The van der Waals surface area contributed by atoms with Crippen LogP contribution in [0.1, 0.15) is 5.69 Å². The Morgan fingerprint density at radius 2 is 2.06 bits per heavy atom. The molecule has 16 heavy (non-hydrogen) atoms. The molecule has 0 fully saturated rings. The van der Waals surface area contributed by atoms with Crippen molar-refractivity contribution in [2.45, 2.75) is 6.92 Å². The summed E-state index contributed by atoms with van der Waals surface area (Å²) < 4.78 is 0. The van der Waals surface area contributed by atoms with E-state index in [0.717, 1.165) is 11.4 Å². The van der Waals surface area contributed by atoms with Crippen molar-refractivity contribution >= 4 is 28.8 Å². The summed E-state index contributed by atoms with van der Waals surface area (Å²) in [6, 6.07) is 7.20. The second-order valence-corrected chi connectivity index (χ2v) is 3.77. The zero-order valence-corrected chi connectivity index (χ0v) is 9.49. The van der Waals surface area contributed by atoms with Crippen LogP contribution in [0.5, 0.6) is 0 Å². The van der Waals surface area contributed by atoms with E-state index < -0.39 is 0 Å². The first-order chi connectivity index (χ1) is 7.65. The second kappa shape index (κ2) is 4.37. The number of nitrogens with two attached hydrogens (primary N) is 1. The Bertz CT molecular complexity index is 496. The molecule has 5 heteroatoms. The molecule has 2 aromatic rings. The van der Waals surface area contributed by atoms with Crippen molar-refractivity contribution in [2.24, 2.45) is 0 Å². The first-order valence-corrected chi connectivity index (χ1v) is 5.14. The van der Waals surface area contributed by atoms with Gasteiger partial charge in [-0.15, -0.1) is 0 Å². The largest absolute Gasteiger partial charge is 0.396 e. The quantitative estimate of drug-likeness (QED) is 0.785. The lowest BCUT2D eigenvalue weighted by atomic mass is 10.3. The Morgan fingerprint density at radius 3 is 2.75 bits per heavy atom. The minimum atomic E-state index is 0.454. The third kappa shape index (κ3) is 2.41. The molecule has 0 aliphatic rings. The van der Waals surface area contributed by atoms with Gasteiger partial charge >= 0.3 is 0 Å². The lowest BCUT2D eigenvalue weighted by Crippen LogP contribution is -2.00. The summed E-state index contributed by atoms with van der Waals surface area (Å²) in [6.45, 7) is 1.91. The van der Waals surface area contributed by atoms with Gasteiger partial charge in [-0.2, -0.15) is 0 Å². The molecular formula is C11H11ClN4. The first-order valence-electron chi connectivity index (χ1n) is 4.77. The summed E-state index contributed by atoms with van der Waals surface area (Å²) in [6.07, 6.45) is 1.63. The summed E-state index contributed by atoms with van der Waals surface area (Å²) >= 11 is 5.69. The fourth-order valence-electron chi connectivity index (χ4n) is 1.25. The van der Waals surface area contributed by atoms with E-state index in [1.54, 1.807) is 12.3 Å². The van der Waals surface area contributed by atoms with E-state index in [1.165, 1.54) is 0 Å². The summed E-state index contributed by atoms with van der Waals surface area (Å²) in [5.74, 6) is 0.629. The number of nitrogens with one attached hydrogen (secondary N) is 1. The number of hydrogen-bond donors (Lipinski definition) is 2. The van der Waals surface area contributed by atoms with Gasteiger partial charge in [0.25, 0.3) is 0 Å². The van der Waals surface area contributed by atoms with E-state index in [0.29, 0.717) is 16.7 Å². The maximum Gasteiger partial charge on any atom is 0.153 e. The van der Waals surface area contributed by atoms with Crippen LogP contribution in [0.15, 0.2) is 30.5 Å². The van der Waals surface area contributed by atoms with Crippen LogP contribution in [0.25, 0.3) is 0 Å². The van der Waals surface area contributed by atoms with Gasteiger partial charge in [0.15, 0.2) is 5.82 Å². The van der Waals surface area contributed by atoms with Crippen molar-refractivity contribution in [2.75, 3.05) is 11.1 Å². The molecule has 0 saturated carbocycles. The fourth-order valence-corrected chi connectivity index (χ4v) is 1.37. The van der Waals surface area contributed by atoms with Crippen LogP contribution in [0.2, 0.25) is 5.15 Å². The average molecular weight is 235 g/mol. The standard InChI is InChI=1S/C11H11ClN4/c1-7-2-4-9(13)11(15-7)16-8-3-5-10(12)14-6-8/h2-6H,13H2,1H3,(H,15,16). The molecule has 0 unspecified atom stereocenters. The Kier molecular flexibility index (Phi) is 2.92. The number of aromatic nitrogens is 2. The van der Waals surface area contributed by atoms with Crippen LogP contribution in [0.4, 0.5) is 17.2 Å². The van der Waals surface area contributed by atoms with Crippen LogP contribution in [-0.2, 0) is 0 Å². The van der Waals surface area contributed by atoms with E-state index in [4.69, 9.17) is 17.3 Å². The zero-order chi connectivity index (χ0) is 11.5. The lowest BCUT2D eigenvalue weighted by Gasteiger charge is -2.08. The van der Waals surface area contributed by atoms with Crippen molar-refractivity contribution < 1.29 is 0 Å². The number of hydrogen-bond acceptors (Lipinski definition) is 4. The molecule has 2 aromatic heterocycles. The molecule has 0 aromatic carbocycles. The van der Waals surface area contributed by atoms with E-state index in [2.05, 4.69) is 15.3 Å². The molecule has 0 saturated heterocycles. The zero-order valence-electron chi connectivity index (χ0n) is 8.74. The number of pyridine rings is 2. The lowest BCUT2D eigenvalue weighted by molar-refractivity contribution is 1.20. The highest BCUT2D eigenvalue weighted by Gasteiger charge is 2.01. The van der Waals surface area contributed by atoms with Gasteiger partial charge in [0, 0.05) is 5.69 Å². The summed E-state index contributed by atoms with van der Waals surface area (Å²) in [5, 5.41) is 3.54. The van der Waals surface area contributed by atoms with Crippen LogP contribution < -0.4 is 11.1 Å². The first kappa shape index (κ1) is 10.7. The number of nitrogens with zero attached hydrogens (tertiary/aromatic N) is 2. The minimum absolute atomic E-state index is 0.454. The molecule has 0 radical (unpaired) electrons. The van der Waals surface area contributed by atoms with E-state index >= 15 is 0 Å². The number of rotatable bonds is 2. The number of halogens is 1. The second-order valence-electron chi connectivity index (χ2n) is 3.39. The normalized spacial score (nSPS) is 10.1. The van der Waals surface area contributed by atoms with Crippen LogP contribution in [0, 0.1) is 6.92 Å². The number of anilines is 3. The SMILES string of the molecule is Cc1ccc(N)c(Nc2ccc(Cl)nc2)n1. The van der Waals surface area contributed by atoms with Gasteiger partial charge in [-0.1, -0.05) is 11.6 Å². The predicted octanol–water partition coefficient (Wildman–Crippen LogP) is 2.76. The Balaban J connectivity index is 2.26. The predicted molar refractivity (Wildman–Crippen MR) is 65.9 cm³/mol. The maximum atomic E-state index is 5.80. The van der Waals surface area contributed by atoms with E-state index in [-0.39, 0.29) is 0 Å². The van der Waals surface area contributed by atoms with Gasteiger partial charge in [0.2, 0.25) is 0 Å². The van der Waals surface area contributed by atoms with Crippen LogP contribution in [0.3, 0.4) is 0 Å². The van der Waals surface area contributed by atoms with Crippen LogP contribution in [-0.4, -0.2) is 9.97 Å². The number of nitrogen functional groups attached to an aromatic ring is 1. The van der Waals surface area contributed by atoms with E-state index in [1.807, 2.05) is 25.1 Å². The van der Waals surface area contributed by atoms with Crippen molar-refractivity contribution in [1.29, 1.82) is 0 Å². The molecule has 0 spiro atoms. The Morgan fingerprint density at radius 1 is 1.25 bits per heavy atom. The molecule has 0 atom stereocenters. The minimum Gasteiger partial charge on any atom is -0.396 e. The molecule has 3 N–H and O–H groups in total. The third-order valence-corrected chi connectivity index (χ3v) is 2.28. The number of aryl methyl sites for hydroxylation is 1. The van der Waals surface area contributed by atoms with Crippen LogP contribution >= 0.6 is 11.6 Å². The topological polar surface area (TPSA) is 63.8 Å². The molecule has 0 amide bonds. The smallest absolute Gasteiger partial charge is 0.153 e. The van der Waals surface area contributed by atoms with Gasteiger partial charge in [0.05, 0.1) is 17.6 Å². The molecule has 0 aliphatic heterocycles. The van der Waals surface area contributed by atoms with Gasteiger partial charge in [-0.25, -0.2) is 9.97 Å². The van der Waals surface area contributed by atoms with Gasteiger partial charge in [-0.3, -0.25) is 0 Å². The molecule has 0 bridgehead atoms. The molecule has 2 rings (SSSR count). The van der Waals surface area contributed by atoms with Gasteiger partial charge in [0.1, 0.15) is 5.15 Å². The highest BCUT2D eigenvalue weighted by Crippen LogP contribution is 2.21. The molecule has 0 aliphatic carbocycles. The van der Waals surface area contributed by atoms with Crippen molar-refractivity contribution in [3.05, 3.63) is 41.3 Å². The highest BCUT2D eigenvalue weighted by molar-refractivity contribution is 6.29. The van der Waals surface area contributed by atoms with Gasteiger partial charge < -0.3 is 11.1 Å². The maximum absolute atomic E-state index is 5.80. The average Bonchev–Trinajstić information content (AvgIpc) is 2.27. The fraction of sp³-hybridized carbons (Fsp3) is 0.0909. The molecular weight excluding hydrogens is 224 g/mol. The monoisotopic (exact) mass is 234 g/mol. The Hall–Kier alpha value is -1.81. The summed E-state index contributed by atoms with van der Waals surface area (Å²) in [5.41, 5.74) is 8.10. The Labute approximate surface area is 98.5 Å². The van der Waals surface area contributed by atoms with Crippen molar-refractivity contribution in [3.8, 4) is 0 Å². The third-order valence-electron chi connectivity index (χ3n) is 2.06. The van der Waals surface area contributed by atoms with Crippen molar-refractivity contribution in [3.63, 3.8) is 0 Å². The summed E-state index contributed by atoms with van der Waals surface area (Å²) in [4.78, 5) is 8.26.